The van der Waals surface area contributed by atoms with Gasteiger partial charge in [0, 0.05) is 16.1 Å². The van der Waals surface area contributed by atoms with Crippen LogP contribution in [0.15, 0.2) is 70.1 Å². The third-order valence-corrected chi connectivity index (χ3v) is 4.97. The number of amidine groups is 1. The Bertz CT molecular complexity index is 963. The number of nitrogens with one attached hydrogen (secondary N) is 1. The first kappa shape index (κ1) is 15.9. The molecule has 0 atom stereocenters. The standard InChI is InChI=1S/C19H14ClN3OS/c1-24-14-8-9-16-15(11-14)18(12-4-6-13(20)7-5-12)22-23-19(21-16)17-3-2-10-25-17/h2-11H,1H3,(H,21,23). The Morgan fingerprint density at radius 1 is 1.08 bits per heavy atom. The van der Waals surface area contributed by atoms with E-state index in [0.717, 1.165) is 39.0 Å². The van der Waals surface area contributed by atoms with Crippen LogP contribution in [0.5, 0.6) is 5.75 Å². The number of hydrogen-bond acceptors (Lipinski definition) is 5. The number of hydrogen-bond donors (Lipinski definition) is 1. The van der Waals surface area contributed by atoms with Crippen LogP contribution >= 0.6 is 22.9 Å². The van der Waals surface area contributed by atoms with Crippen LogP contribution in [0.25, 0.3) is 0 Å². The molecular formula is C19H14ClN3OS. The second-order valence-corrected chi connectivity index (χ2v) is 6.78. The molecule has 1 aromatic heterocycles. The average Bonchev–Trinajstić information content (AvgIpc) is 3.11. The van der Waals surface area contributed by atoms with E-state index in [1.54, 1.807) is 18.4 Å². The predicted molar refractivity (Wildman–Crippen MR) is 104 cm³/mol. The largest absolute Gasteiger partial charge is 0.497 e. The number of nitrogens with zero attached hydrogens (tertiary/aromatic N) is 2. The van der Waals surface area contributed by atoms with Gasteiger partial charge >= 0.3 is 0 Å². The highest BCUT2D eigenvalue weighted by Crippen LogP contribution is 2.30. The molecule has 0 spiro atoms. The van der Waals surface area contributed by atoms with E-state index in [9.17, 15) is 0 Å². The van der Waals surface area contributed by atoms with E-state index in [2.05, 4.69) is 10.5 Å². The van der Waals surface area contributed by atoms with Crippen molar-refractivity contribution < 1.29 is 4.74 Å². The monoisotopic (exact) mass is 367 g/mol. The van der Waals surface area contributed by atoms with Gasteiger partial charge in [-0.1, -0.05) is 29.8 Å². The van der Waals surface area contributed by atoms with Crippen molar-refractivity contribution in [3.63, 3.8) is 0 Å². The number of fused-ring (bicyclic) bond motifs is 1. The van der Waals surface area contributed by atoms with Gasteiger partial charge in [0.15, 0.2) is 5.84 Å². The zero-order valence-electron chi connectivity index (χ0n) is 13.4. The highest BCUT2D eigenvalue weighted by Gasteiger charge is 2.18. The Morgan fingerprint density at radius 2 is 1.92 bits per heavy atom. The molecule has 0 saturated carbocycles. The minimum Gasteiger partial charge on any atom is -0.497 e. The smallest absolute Gasteiger partial charge is 0.164 e. The fourth-order valence-corrected chi connectivity index (χ4v) is 3.38. The molecule has 0 radical (unpaired) electrons. The van der Waals surface area contributed by atoms with Crippen molar-refractivity contribution in [1.29, 1.82) is 0 Å². The van der Waals surface area contributed by atoms with Crippen LogP contribution in [0.1, 0.15) is 16.0 Å². The third kappa shape index (κ3) is 3.16. The fourth-order valence-electron chi connectivity index (χ4n) is 2.60. The Balaban J connectivity index is 1.88. The van der Waals surface area contributed by atoms with Gasteiger partial charge in [0.2, 0.25) is 0 Å². The molecule has 25 heavy (non-hydrogen) atoms. The third-order valence-electron chi connectivity index (χ3n) is 3.84. The molecular weight excluding hydrogens is 354 g/mol. The maximum Gasteiger partial charge on any atom is 0.164 e. The lowest BCUT2D eigenvalue weighted by Gasteiger charge is -2.09. The molecule has 1 N–H and O–H groups in total. The summed E-state index contributed by atoms with van der Waals surface area (Å²) in [6.45, 7) is 0. The van der Waals surface area contributed by atoms with Crippen LogP contribution in [-0.2, 0) is 0 Å². The second kappa shape index (κ2) is 6.70. The maximum atomic E-state index is 6.02. The SMILES string of the molecule is COc1ccc2c(c1)C(c1ccc(Cl)cc1)=NNC(c1cccs1)=N2. The summed E-state index contributed by atoms with van der Waals surface area (Å²) in [5.41, 5.74) is 6.59. The van der Waals surface area contributed by atoms with Gasteiger partial charge in [0.1, 0.15) is 11.5 Å². The van der Waals surface area contributed by atoms with Crippen molar-refractivity contribution in [1.82, 2.24) is 5.43 Å². The normalized spacial score (nSPS) is 13.2. The van der Waals surface area contributed by atoms with Crippen LogP contribution in [-0.4, -0.2) is 18.7 Å². The van der Waals surface area contributed by atoms with E-state index in [1.165, 1.54) is 0 Å². The zero-order chi connectivity index (χ0) is 17.2. The summed E-state index contributed by atoms with van der Waals surface area (Å²) in [5.74, 6) is 1.49. The minimum atomic E-state index is 0.687. The minimum absolute atomic E-state index is 0.687. The van der Waals surface area contributed by atoms with E-state index >= 15 is 0 Å². The quantitative estimate of drug-likeness (QED) is 0.719. The van der Waals surface area contributed by atoms with Gasteiger partial charge in [-0.2, -0.15) is 5.10 Å². The molecule has 4 nitrogen and oxygen atoms in total. The molecule has 0 unspecified atom stereocenters. The van der Waals surface area contributed by atoms with E-state index in [4.69, 9.17) is 21.3 Å². The second-order valence-electron chi connectivity index (χ2n) is 5.40. The average molecular weight is 368 g/mol. The highest BCUT2D eigenvalue weighted by molar-refractivity contribution is 7.12. The number of hydrazone groups is 1. The lowest BCUT2D eigenvalue weighted by atomic mass is 10.0. The first-order valence-electron chi connectivity index (χ1n) is 7.65. The summed E-state index contributed by atoms with van der Waals surface area (Å²) in [5, 5.41) is 7.33. The van der Waals surface area contributed by atoms with E-state index in [0.29, 0.717) is 5.02 Å². The number of aliphatic imine (C=N–C) groups is 1. The fraction of sp³-hybridized carbons (Fsp3) is 0.0526. The van der Waals surface area contributed by atoms with Crippen LogP contribution in [0.3, 0.4) is 0 Å². The van der Waals surface area contributed by atoms with Crippen LogP contribution in [0.4, 0.5) is 5.69 Å². The highest BCUT2D eigenvalue weighted by atomic mass is 35.5. The molecule has 0 fully saturated rings. The molecule has 4 rings (SSSR count). The van der Waals surface area contributed by atoms with Gasteiger partial charge in [-0.25, -0.2) is 4.99 Å². The van der Waals surface area contributed by atoms with Gasteiger partial charge in [0.25, 0.3) is 0 Å². The summed E-state index contributed by atoms with van der Waals surface area (Å²) >= 11 is 7.64. The van der Waals surface area contributed by atoms with Crippen LogP contribution in [0.2, 0.25) is 5.02 Å². The molecule has 3 aromatic rings. The Kier molecular flexibility index (Phi) is 4.26. The number of methoxy groups -OCH3 is 1. The van der Waals surface area contributed by atoms with Crippen molar-refractivity contribution in [2.24, 2.45) is 10.1 Å². The van der Waals surface area contributed by atoms with Gasteiger partial charge in [-0.15, -0.1) is 11.3 Å². The first-order chi connectivity index (χ1) is 12.2. The van der Waals surface area contributed by atoms with Crippen molar-refractivity contribution in [3.05, 3.63) is 81.0 Å². The number of thiophene rings is 1. The van der Waals surface area contributed by atoms with E-state index in [-0.39, 0.29) is 0 Å². The van der Waals surface area contributed by atoms with Gasteiger partial charge in [-0.3, -0.25) is 5.43 Å². The molecule has 124 valence electrons. The summed E-state index contributed by atoms with van der Waals surface area (Å²) in [6, 6.07) is 17.4. The van der Waals surface area contributed by atoms with E-state index in [1.807, 2.05) is 60.0 Å². The molecule has 0 bridgehead atoms. The molecule has 2 heterocycles. The van der Waals surface area contributed by atoms with Crippen molar-refractivity contribution >= 4 is 40.2 Å². The van der Waals surface area contributed by atoms with Crippen LogP contribution in [0, 0.1) is 0 Å². The maximum absolute atomic E-state index is 6.02. The lowest BCUT2D eigenvalue weighted by molar-refractivity contribution is 0.415. The molecule has 0 saturated heterocycles. The Hall–Kier alpha value is -2.63. The van der Waals surface area contributed by atoms with Crippen molar-refractivity contribution in [2.75, 3.05) is 7.11 Å². The lowest BCUT2D eigenvalue weighted by Crippen LogP contribution is -2.18. The van der Waals surface area contributed by atoms with E-state index < -0.39 is 0 Å². The van der Waals surface area contributed by atoms with Crippen molar-refractivity contribution in [2.45, 2.75) is 0 Å². The topological polar surface area (TPSA) is 46.0 Å². The van der Waals surface area contributed by atoms with Gasteiger partial charge < -0.3 is 4.74 Å². The molecule has 0 amide bonds. The van der Waals surface area contributed by atoms with Crippen LogP contribution < -0.4 is 10.2 Å². The predicted octanol–water partition coefficient (Wildman–Crippen LogP) is 4.84. The number of rotatable bonds is 3. The first-order valence-corrected chi connectivity index (χ1v) is 8.91. The summed E-state index contributed by atoms with van der Waals surface area (Å²) in [7, 11) is 1.65. The molecule has 6 heteroatoms. The number of benzene rings is 2. The molecule has 2 aromatic carbocycles. The summed E-state index contributed by atoms with van der Waals surface area (Å²) < 4.78 is 5.38. The molecule has 0 aliphatic carbocycles. The Morgan fingerprint density at radius 3 is 2.64 bits per heavy atom. The number of ether oxygens (including phenoxy) is 1. The summed E-state index contributed by atoms with van der Waals surface area (Å²) in [6.07, 6.45) is 0. The molecule has 1 aliphatic heterocycles. The Labute approximate surface area is 154 Å². The summed E-state index contributed by atoms with van der Waals surface area (Å²) in [4.78, 5) is 5.80. The van der Waals surface area contributed by atoms with Gasteiger partial charge in [0.05, 0.1) is 17.7 Å². The van der Waals surface area contributed by atoms with Crippen molar-refractivity contribution in [3.8, 4) is 5.75 Å². The van der Waals surface area contributed by atoms with Gasteiger partial charge in [-0.05, 0) is 41.8 Å². The number of halogens is 1. The molecule has 1 aliphatic rings. The zero-order valence-corrected chi connectivity index (χ0v) is 14.9.